The number of morpholine rings is 1. The lowest BCUT2D eigenvalue weighted by atomic mass is 9.94. The second kappa shape index (κ2) is 7.03. The van der Waals surface area contributed by atoms with Gasteiger partial charge in [-0.2, -0.15) is 0 Å². The molecule has 3 rings (SSSR count). The van der Waals surface area contributed by atoms with Crippen molar-refractivity contribution in [2.45, 2.75) is 18.8 Å². The molecule has 1 aromatic heterocycles. The number of ether oxygens (including phenoxy) is 1. The first-order chi connectivity index (χ1) is 8.93. The molecule has 5 nitrogen and oxygen atoms in total. The number of piperidine rings is 1. The van der Waals surface area contributed by atoms with Gasteiger partial charge in [-0.3, -0.25) is 0 Å². The van der Waals surface area contributed by atoms with E-state index < -0.39 is 0 Å². The summed E-state index contributed by atoms with van der Waals surface area (Å²) in [7, 11) is 0. The molecule has 0 atom stereocenters. The number of nitrogens with one attached hydrogen (secondary N) is 1. The highest BCUT2D eigenvalue weighted by atomic mass is 35.5. The molecule has 0 spiro atoms. The molecule has 0 radical (unpaired) electrons. The predicted octanol–water partition coefficient (Wildman–Crippen LogP) is 1.20. The Balaban J connectivity index is 0.00000133. The quantitative estimate of drug-likeness (QED) is 0.884. The van der Waals surface area contributed by atoms with Crippen LogP contribution in [0.25, 0.3) is 0 Å². The fourth-order valence-corrected chi connectivity index (χ4v) is 2.62. The minimum atomic E-state index is 0. The van der Waals surface area contributed by atoms with Crippen LogP contribution in [0.15, 0.2) is 12.3 Å². The maximum Gasteiger partial charge on any atom is 0.225 e. The van der Waals surface area contributed by atoms with E-state index in [1.54, 1.807) is 0 Å². The van der Waals surface area contributed by atoms with E-state index in [0.717, 1.165) is 45.3 Å². The summed E-state index contributed by atoms with van der Waals surface area (Å²) in [4.78, 5) is 11.4. The molecule has 0 aromatic carbocycles. The van der Waals surface area contributed by atoms with E-state index >= 15 is 0 Å². The highest BCUT2D eigenvalue weighted by Gasteiger charge is 2.19. The number of halogens is 1. The molecule has 106 valence electrons. The second-order valence-corrected chi connectivity index (χ2v) is 4.91. The molecule has 0 amide bonds. The number of hydrogen-bond donors (Lipinski definition) is 1. The zero-order chi connectivity index (χ0) is 12.2. The zero-order valence-electron chi connectivity index (χ0n) is 11.0. The fourth-order valence-electron chi connectivity index (χ4n) is 2.62. The van der Waals surface area contributed by atoms with Gasteiger partial charge in [0.15, 0.2) is 0 Å². The Hall–Kier alpha value is -0.910. The van der Waals surface area contributed by atoms with Crippen molar-refractivity contribution in [1.82, 2.24) is 15.3 Å². The Kier molecular flexibility index (Phi) is 5.36. The topological polar surface area (TPSA) is 50.3 Å². The molecule has 6 heteroatoms. The average molecular weight is 285 g/mol. The van der Waals surface area contributed by atoms with Crippen LogP contribution in [0.3, 0.4) is 0 Å². The largest absolute Gasteiger partial charge is 0.378 e. The van der Waals surface area contributed by atoms with Crippen molar-refractivity contribution in [3.63, 3.8) is 0 Å². The Labute approximate surface area is 120 Å². The molecule has 0 aliphatic carbocycles. The van der Waals surface area contributed by atoms with Crippen molar-refractivity contribution in [3.8, 4) is 0 Å². The minimum absolute atomic E-state index is 0. The highest BCUT2D eigenvalue weighted by Crippen LogP contribution is 2.24. The Morgan fingerprint density at radius 1 is 1.21 bits per heavy atom. The molecule has 0 unspecified atom stereocenters. The van der Waals surface area contributed by atoms with E-state index in [1.165, 1.54) is 18.5 Å². The summed E-state index contributed by atoms with van der Waals surface area (Å²) in [6.45, 7) is 5.55. The summed E-state index contributed by atoms with van der Waals surface area (Å²) in [5.74, 6) is 1.46. The molecule has 2 saturated heterocycles. The normalized spacial score (nSPS) is 20.9. The van der Waals surface area contributed by atoms with Crippen molar-refractivity contribution in [3.05, 3.63) is 18.0 Å². The lowest BCUT2D eigenvalue weighted by Gasteiger charge is -2.28. The number of hydrogen-bond acceptors (Lipinski definition) is 5. The van der Waals surface area contributed by atoms with E-state index in [2.05, 4.69) is 21.3 Å². The summed E-state index contributed by atoms with van der Waals surface area (Å²) in [5.41, 5.74) is 1.20. The summed E-state index contributed by atoms with van der Waals surface area (Å²) >= 11 is 0. The van der Waals surface area contributed by atoms with Gasteiger partial charge in [0.2, 0.25) is 5.95 Å². The average Bonchev–Trinajstić information content (AvgIpc) is 2.49. The Morgan fingerprint density at radius 2 is 1.95 bits per heavy atom. The summed E-state index contributed by atoms with van der Waals surface area (Å²) < 4.78 is 5.36. The maximum atomic E-state index is 5.36. The van der Waals surface area contributed by atoms with Gasteiger partial charge >= 0.3 is 0 Å². The molecule has 1 N–H and O–H groups in total. The molecule has 3 heterocycles. The summed E-state index contributed by atoms with van der Waals surface area (Å²) in [6, 6.07) is 2.07. The van der Waals surface area contributed by atoms with Crippen LogP contribution >= 0.6 is 12.4 Å². The Morgan fingerprint density at radius 3 is 2.68 bits per heavy atom. The van der Waals surface area contributed by atoms with E-state index in [0.29, 0.717) is 5.92 Å². The number of aromatic nitrogens is 2. The van der Waals surface area contributed by atoms with Crippen LogP contribution in [0.2, 0.25) is 0 Å². The molecule has 1 aromatic rings. The number of anilines is 1. The highest BCUT2D eigenvalue weighted by molar-refractivity contribution is 5.85. The molecule has 0 saturated carbocycles. The van der Waals surface area contributed by atoms with Gasteiger partial charge in [0.05, 0.1) is 13.2 Å². The lowest BCUT2D eigenvalue weighted by molar-refractivity contribution is 0.122. The molecular formula is C13H21ClN4O. The molecular weight excluding hydrogens is 264 g/mol. The molecule has 2 aliphatic rings. The summed E-state index contributed by atoms with van der Waals surface area (Å²) in [5, 5.41) is 3.39. The molecule has 2 fully saturated rings. The van der Waals surface area contributed by atoms with Crippen molar-refractivity contribution in [2.24, 2.45) is 0 Å². The first kappa shape index (κ1) is 14.5. The first-order valence-corrected chi connectivity index (χ1v) is 6.80. The number of rotatable bonds is 2. The van der Waals surface area contributed by atoms with Crippen LogP contribution < -0.4 is 10.2 Å². The summed E-state index contributed by atoms with van der Waals surface area (Å²) in [6.07, 6.45) is 4.26. The minimum Gasteiger partial charge on any atom is -0.378 e. The predicted molar refractivity (Wildman–Crippen MR) is 77.2 cm³/mol. The van der Waals surface area contributed by atoms with Gasteiger partial charge in [-0.15, -0.1) is 12.4 Å². The molecule has 0 bridgehead atoms. The zero-order valence-corrected chi connectivity index (χ0v) is 11.9. The fraction of sp³-hybridized carbons (Fsp3) is 0.692. The third kappa shape index (κ3) is 3.55. The van der Waals surface area contributed by atoms with Crippen molar-refractivity contribution in [1.29, 1.82) is 0 Å². The molecule has 19 heavy (non-hydrogen) atoms. The van der Waals surface area contributed by atoms with Gasteiger partial charge in [0, 0.05) is 30.9 Å². The van der Waals surface area contributed by atoms with E-state index in [4.69, 9.17) is 9.72 Å². The lowest BCUT2D eigenvalue weighted by Crippen LogP contribution is -2.37. The standard InChI is InChI=1S/C13H20N4O.ClH/c1-4-14-5-2-11(1)12-3-6-15-13(16-12)17-7-9-18-10-8-17;/h3,6,11,14H,1-2,4-5,7-10H2;1H. The molecule has 2 aliphatic heterocycles. The van der Waals surface area contributed by atoms with Crippen LogP contribution in [0.1, 0.15) is 24.5 Å². The first-order valence-electron chi connectivity index (χ1n) is 6.80. The second-order valence-electron chi connectivity index (χ2n) is 4.91. The van der Waals surface area contributed by atoms with Crippen LogP contribution in [0.5, 0.6) is 0 Å². The monoisotopic (exact) mass is 284 g/mol. The van der Waals surface area contributed by atoms with Gasteiger partial charge in [-0.05, 0) is 32.0 Å². The van der Waals surface area contributed by atoms with Crippen LogP contribution in [0.4, 0.5) is 5.95 Å². The SMILES string of the molecule is Cl.c1cc(C2CCNCC2)nc(N2CCOCC2)n1. The van der Waals surface area contributed by atoms with Crippen LogP contribution in [-0.4, -0.2) is 49.4 Å². The van der Waals surface area contributed by atoms with Crippen LogP contribution in [0, 0.1) is 0 Å². The maximum absolute atomic E-state index is 5.36. The van der Waals surface area contributed by atoms with E-state index in [9.17, 15) is 0 Å². The van der Waals surface area contributed by atoms with E-state index in [1.807, 2.05) is 6.20 Å². The van der Waals surface area contributed by atoms with Crippen molar-refractivity contribution < 1.29 is 4.74 Å². The van der Waals surface area contributed by atoms with E-state index in [-0.39, 0.29) is 12.4 Å². The third-order valence-corrected chi connectivity index (χ3v) is 3.72. The van der Waals surface area contributed by atoms with Crippen molar-refractivity contribution in [2.75, 3.05) is 44.3 Å². The van der Waals surface area contributed by atoms with Crippen LogP contribution in [-0.2, 0) is 4.74 Å². The van der Waals surface area contributed by atoms with Gasteiger partial charge in [0.25, 0.3) is 0 Å². The number of nitrogens with zero attached hydrogens (tertiary/aromatic N) is 3. The smallest absolute Gasteiger partial charge is 0.225 e. The van der Waals surface area contributed by atoms with Gasteiger partial charge < -0.3 is 15.0 Å². The Bertz CT molecular complexity index is 359. The van der Waals surface area contributed by atoms with Gasteiger partial charge in [-0.25, -0.2) is 9.97 Å². The van der Waals surface area contributed by atoms with Gasteiger partial charge in [0.1, 0.15) is 0 Å². The van der Waals surface area contributed by atoms with Crippen molar-refractivity contribution >= 4 is 18.4 Å². The third-order valence-electron chi connectivity index (χ3n) is 3.72. The van der Waals surface area contributed by atoms with Gasteiger partial charge in [-0.1, -0.05) is 0 Å².